The first-order valence-corrected chi connectivity index (χ1v) is 9.98. The number of hydrogen-bond acceptors (Lipinski definition) is 1. The van der Waals surface area contributed by atoms with Crippen LogP contribution in [0.2, 0.25) is 0 Å². The maximum absolute atomic E-state index is 5.71. The maximum Gasteiger partial charge on any atom is 0.188 e. The average Bonchev–Trinajstić information content (AvgIpc) is 3.20. The molecule has 0 heterocycles. The topological polar surface area (TPSA) is 9.23 Å². The number of allylic oxidation sites excluding steroid dienone is 2. The Morgan fingerprint density at radius 2 is 1.43 bits per heavy atom. The van der Waals surface area contributed by atoms with Crippen LogP contribution in [0.1, 0.15) is 36.3 Å². The SMILES string of the molecule is CO[SiH2]C1=C(C(c2ccccc2)c2ccccc2)C2CCC1C2. The summed E-state index contributed by atoms with van der Waals surface area (Å²) in [6.07, 6.45) is 4.13. The van der Waals surface area contributed by atoms with Gasteiger partial charge in [-0.25, -0.2) is 0 Å². The molecular formula is C21H24OSi. The van der Waals surface area contributed by atoms with Gasteiger partial charge in [-0.15, -0.1) is 0 Å². The summed E-state index contributed by atoms with van der Waals surface area (Å²) in [5.41, 5.74) is 4.58. The molecule has 1 fully saturated rings. The van der Waals surface area contributed by atoms with Gasteiger partial charge in [-0.05, 0) is 42.2 Å². The predicted octanol–water partition coefficient (Wildman–Crippen LogP) is 4.23. The van der Waals surface area contributed by atoms with E-state index in [4.69, 9.17) is 4.43 Å². The predicted molar refractivity (Wildman–Crippen MR) is 98.1 cm³/mol. The quantitative estimate of drug-likeness (QED) is 0.749. The third kappa shape index (κ3) is 2.71. The molecular weight excluding hydrogens is 296 g/mol. The molecule has 2 aromatic carbocycles. The van der Waals surface area contributed by atoms with Crippen LogP contribution in [0.3, 0.4) is 0 Å². The Bertz CT molecular complexity index is 653. The van der Waals surface area contributed by atoms with Crippen LogP contribution in [-0.4, -0.2) is 16.9 Å². The molecule has 2 aromatic rings. The Hall–Kier alpha value is -1.64. The van der Waals surface area contributed by atoms with Gasteiger partial charge >= 0.3 is 0 Å². The van der Waals surface area contributed by atoms with E-state index >= 15 is 0 Å². The zero-order valence-corrected chi connectivity index (χ0v) is 15.2. The van der Waals surface area contributed by atoms with E-state index in [2.05, 4.69) is 60.7 Å². The highest BCUT2D eigenvalue weighted by atomic mass is 28.2. The Balaban J connectivity index is 1.85. The van der Waals surface area contributed by atoms with Crippen molar-refractivity contribution in [3.8, 4) is 0 Å². The fourth-order valence-corrected chi connectivity index (χ4v) is 6.28. The van der Waals surface area contributed by atoms with E-state index in [9.17, 15) is 0 Å². The summed E-state index contributed by atoms with van der Waals surface area (Å²) < 4.78 is 5.71. The minimum Gasteiger partial charge on any atom is -0.422 e. The smallest absolute Gasteiger partial charge is 0.188 e. The van der Waals surface area contributed by atoms with Crippen LogP contribution in [0.15, 0.2) is 71.4 Å². The van der Waals surface area contributed by atoms with E-state index in [0.717, 1.165) is 11.8 Å². The summed E-state index contributed by atoms with van der Waals surface area (Å²) in [4.78, 5) is 0. The van der Waals surface area contributed by atoms with E-state index in [1.807, 2.05) is 7.11 Å². The lowest BCUT2D eigenvalue weighted by atomic mass is 9.79. The molecule has 4 rings (SSSR count). The summed E-state index contributed by atoms with van der Waals surface area (Å²) in [5.74, 6) is 2.02. The molecule has 0 saturated heterocycles. The van der Waals surface area contributed by atoms with Gasteiger partial charge in [0.1, 0.15) is 0 Å². The number of rotatable bonds is 5. The molecule has 118 valence electrons. The minimum absolute atomic E-state index is 0.422. The summed E-state index contributed by atoms with van der Waals surface area (Å²) in [6.45, 7) is 0. The van der Waals surface area contributed by atoms with Crippen LogP contribution < -0.4 is 0 Å². The lowest BCUT2D eigenvalue weighted by Crippen LogP contribution is -2.17. The first-order valence-electron chi connectivity index (χ1n) is 8.70. The highest BCUT2D eigenvalue weighted by Crippen LogP contribution is 2.54. The molecule has 1 saturated carbocycles. The van der Waals surface area contributed by atoms with Crippen molar-refractivity contribution in [2.75, 3.05) is 7.11 Å². The van der Waals surface area contributed by atoms with Crippen molar-refractivity contribution in [2.45, 2.75) is 25.2 Å². The van der Waals surface area contributed by atoms with Crippen molar-refractivity contribution in [1.29, 1.82) is 0 Å². The monoisotopic (exact) mass is 320 g/mol. The number of benzene rings is 2. The molecule has 2 bridgehead atoms. The third-order valence-corrected chi connectivity index (χ3v) is 7.20. The molecule has 2 aliphatic rings. The summed E-state index contributed by atoms with van der Waals surface area (Å²) in [6, 6.07) is 22.1. The molecule has 2 heteroatoms. The standard InChI is InChI=1S/C21H24OSi/c1-22-23-21-18-13-12-17(14-18)20(21)19(15-8-4-2-5-9-15)16-10-6-3-7-11-16/h2-11,17-19H,12-14,23H2,1H3. The molecule has 0 amide bonds. The number of hydrogen-bond donors (Lipinski definition) is 0. The van der Waals surface area contributed by atoms with Gasteiger partial charge < -0.3 is 4.43 Å². The second-order valence-corrected chi connectivity index (χ2v) is 8.50. The minimum atomic E-state index is -0.550. The molecule has 23 heavy (non-hydrogen) atoms. The highest BCUT2D eigenvalue weighted by Gasteiger charge is 2.42. The average molecular weight is 321 g/mol. The normalized spacial score (nSPS) is 23.6. The van der Waals surface area contributed by atoms with Gasteiger partial charge in [0.25, 0.3) is 0 Å². The Morgan fingerprint density at radius 3 is 2.00 bits per heavy atom. The molecule has 2 atom stereocenters. The van der Waals surface area contributed by atoms with E-state index in [1.165, 1.54) is 30.4 Å². The van der Waals surface area contributed by atoms with Crippen LogP contribution in [0.25, 0.3) is 0 Å². The zero-order valence-electron chi connectivity index (χ0n) is 13.7. The molecule has 2 aliphatic carbocycles. The molecule has 0 spiro atoms. The molecule has 0 N–H and O–H groups in total. The Labute approximate surface area is 141 Å². The van der Waals surface area contributed by atoms with Crippen LogP contribution in [0.4, 0.5) is 0 Å². The summed E-state index contributed by atoms with van der Waals surface area (Å²) >= 11 is 0. The summed E-state index contributed by atoms with van der Waals surface area (Å²) in [5, 5.41) is 1.72. The van der Waals surface area contributed by atoms with E-state index < -0.39 is 9.76 Å². The van der Waals surface area contributed by atoms with Crippen LogP contribution in [0.5, 0.6) is 0 Å². The van der Waals surface area contributed by atoms with Gasteiger partial charge in [0, 0.05) is 13.0 Å². The zero-order chi connectivity index (χ0) is 15.6. The van der Waals surface area contributed by atoms with Crippen molar-refractivity contribution in [3.05, 3.63) is 82.6 Å². The lowest BCUT2D eigenvalue weighted by molar-refractivity contribution is 0.441. The van der Waals surface area contributed by atoms with Crippen molar-refractivity contribution < 1.29 is 4.43 Å². The van der Waals surface area contributed by atoms with Crippen molar-refractivity contribution in [1.82, 2.24) is 0 Å². The second kappa shape index (κ2) is 6.46. The van der Waals surface area contributed by atoms with Gasteiger partial charge in [0.15, 0.2) is 9.76 Å². The van der Waals surface area contributed by atoms with Gasteiger partial charge in [-0.3, -0.25) is 0 Å². The number of fused-ring (bicyclic) bond motifs is 2. The van der Waals surface area contributed by atoms with E-state index in [-0.39, 0.29) is 0 Å². The van der Waals surface area contributed by atoms with Crippen LogP contribution >= 0.6 is 0 Å². The fourth-order valence-electron chi connectivity index (χ4n) is 4.70. The van der Waals surface area contributed by atoms with Gasteiger partial charge in [-0.1, -0.05) is 71.4 Å². The van der Waals surface area contributed by atoms with Crippen molar-refractivity contribution in [3.63, 3.8) is 0 Å². The van der Waals surface area contributed by atoms with Crippen LogP contribution in [0, 0.1) is 11.8 Å². The first kappa shape index (κ1) is 14.9. The molecule has 0 radical (unpaired) electrons. The molecule has 0 aliphatic heterocycles. The first-order chi connectivity index (χ1) is 11.4. The second-order valence-electron chi connectivity index (χ2n) is 6.87. The maximum atomic E-state index is 5.71. The largest absolute Gasteiger partial charge is 0.422 e. The lowest BCUT2D eigenvalue weighted by Gasteiger charge is -2.28. The third-order valence-electron chi connectivity index (χ3n) is 5.61. The van der Waals surface area contributed by atoms with E-state index in [0.29, 0.717) is 5.92 Å². The molecule has 0 aromatic heterocycles. The van der Waals surface area contributed by atoms with Gasteiger partial charge in [-0.2, -0.15) is 0 Å². The van der Waals surface area contributed by atoms with Crippen molar-refractivity contribution in [2.24, 2.45) is 11.8 Å². The Morgan fingerprint density at radius 1 is 0.870 bits per heavy atom. The fraction of sp³-hybridized carbons (Fsp3) is 0.333. The van der Waals surface area contributed by atoms with Gasteiger partial charge in [0.2, 0.25) is 0 Å². The summed E-state index contributed by atoms with van der Waals surface area (Å²) in [7, 11) is 1.34. The van der Waals surface area contributed by atoms with E-state index in [1.54, 1.807) is 10.8 Å². The highest BCUT2D eigenvalue weighted by molar-refractivity contribution is 6.38. The van der Waals surface area contributed by atoms with Gasteiger partial charge in [0.05, 0.1) is 0 Å². The van der Waals surface area contributed by atoms with Crippen molar-refractivity contribution >= 4 is 9.76 Å². The Kier molecular flexibility index (Phi) is 4.19. The van der Waals surface area contributed by atoms with Crippen LogP contribution in [-0.2, 0) is 4.43 Å². The molecule has 2 unspecified atom stereocenters. The molecule has 1 nitrogen and oxygen atoms in total.